The van der Waals surface area contributed by atoms with Gasteiger partial charge in [0.15, 0.2) is 0 Å². The lowest BCUT2D eigenvalue weighted by molar-refractivity contribution is 0.651. The van der Waals surface area contributed by atoms with Gasteiger partial charge >= 0.3 is 0 Å². The molecule has 5 aromatic carbocycles. The molecule has 0 radical (unpaired) electrons. The molecule has 0 spiro atoms. The van der Waals surface area contributed by atoms with E-state index < -0.39 is 0 Å². The van der Waals surface area contributed by atoms with Crippen LogP contribution in [0, 0.1) is 0 Å². The summed E-state index contributed by atoms with van der Waals surface area (Å²) in [5.74, 6) is 0.566. The molecule has 0 aliphatic carbocycles. The van der Waals surface area contributed by atoms with Gasteiger partial charge in [0.05, 0.1) is 27.6 Å². The van der Waals surface area contributed by atoms with Gasteiger partial charge < -0.3 is 4.42 Å². The first-order valence-electron chi connectivity index (χ1n) is 13.3. The molecule has 0 N–H and O–H groups in total. The molecule has 0 unspecified atom stereocenters. The van der Waals surface area contributed by atoms with Gasteiger partial charge in [0.25, 0.3) is 0 Å². The third kappa shape index (κ3) is 2.94. The van der Waals surface area contributed by atoms with Crippen LogP contribution < -0.4 is 0 Å². The van der Waals surface area contributed by atoms with E-state index in [4.69, 9.17) is 19.4 Å². The number of aromatic nitrogens is 4. The normalized spacial score (nSPS) is 12.0. The van der Waals surface area contributed by atoms with E-state index in [2.05, 4.69) is 95.6 Å². The second-order valence-corrected chi connectivity index (χ2v) is 10.1. The fourth-order valence-corrected chi connectivity index (χ4v) is 6.07. The number of rotatable bonds is 2. The van der Waals surface area contributed by atoms with Crippen LogP contribution in [-0.4, -0.2) is 19.5 Å². The van der Waals surface area contributed by atoms with Gasteiger partial charge in [-0.15, -0.1) is 0 Å². The highest BCUT2D eigenvalue weighted by molar-refractivity contribution is 6.15. The summed E-state index contributed by atoms with van der Waals surface area (Å²) in [5, 5.41) is 7.63. The molecule has 0 saturated heterocycles. The highest BCUT2D eigenvalue weighted by Gasteiger charge is 2.22. The van der Waals surface area contributed by atoms with Crippen LogP contribution in [0.5, 0.6) is 0 Å². The number of nitrogens with zero attached hydrogens (tertiary/aromatic N) is 4. The van der Waals surface area contributed by atoms with Gasteiger partial charge in [-0.25, -0.2) is 4.98 Å². The molecule has 5 nitrogen and oxygen atoms in total. The van der Waals surface area contributed by atoms with Crippen LogP contribution in [0.1, 0.15) is 0 Å². The van der Waals surface area contributed by atoms with E-state index in [1.165, 1.54) is 10.8 Å². The van der Waals surface area contributed by atoms with Crippen molar-refractivity contribution in [2.75, 3.05) is 0 Å². The molecule has 4 heterocycles. The summed E-state index contributed by atoms with van der Waals surface area (Å²) in [6.45, 7) is 0. The summed E-state index contributed by atoms with van der Waals surface area (Å²) in [4.78, 5) is 15.1. The second-order valence-electron chi connectivity index (χ2n) is 10.1. The quantitative estimate of drug-likeness (QED) is 0.232. The van der Waals surface area contributed by atoms with Gasteiger partial charge in [-0.2, -0.15) is 4.98 Å². The number of fused-ring (bicyclic) bond motifs is 8. The molecule has 186 valence electrons. The van der Waals surface area contributed by atoms with Crippen molar-refractivity contribution in [1.29, 1.82) is 0 Å². The van der Waals surface area contributed by atoms with E-state index in [9.17, 15) is 0 Å². The van der Waals surface area contributed by atoms with E-state index in [-0.39, 0.29) is 0 Å². The maximum Gasteiger partial charge on any atom is 0.238 e. The average molecular weight is 513 g/mol. The van der Waals surface area contributed by atoms with E-state index in [1.807, 2.05) is 30.5 Å². The highest BCUT2D eigenvalue weighted by atomic mass is 16.3. The van der Waals surface area contributed by atoms with Crippen molar-refractivity contribution in [3.05, 3.63) is 121 Å². The summed E-state index contributed by atoms with van der Waals surface area (Å²) in [5.41, 5.74) is 6.09. The van der Waals surface area contributed by atoms with Crippen molar-refractivity contribution >= 4 is 65.6 Å². The molecule has 9 rings (SSSR count). The van der Waals surface area contributed by atoms with E-state index in [1.54, 1.807) is 0 Å². The van der Waals surface area contributed by atoms with Gasteiger partial charge in [-0.3, -0.25) is 9.55 Å². The van der Waals surface area contributed by atoms with Gasteiger partial charge in [0.2, 0.25) is 11.7 Å². The van der Waals surface area contributed by atoms with E-state index in [0.29, 0.717) is 11.7 Å². The summed E-state index contributed by atoms with van der Waals surface area (Å²) >= 11 is 0. The molecule has 0 amide bonds. The van der Waals surface area contributed by atoms with Crippen LogP contribution in [0.2, 0.25) is 0 Å². The van der Waals surface area contributed by atoms with Gasteiger partial charge in [0, 0.05) is 33.3 Å². The van der Waals surface area contributed by atoms with Crippen molar-refractivity contribution in [3.63, 3.8) is 0 Å². The Labute approximate surface area is 228 Å². The van der Waals surface area contributed by atoms with Crippen LogP contribution in [0.3, 0.4) is 0 Å². The molecular formula is C35H20N4O. The zero-order valence-electron chi connectivity index (χ0n) is 21.2. The first kappa shape index (κ1) is 21.4. The van der Waals surface area contributed by atoms with Crippen LogP contribution in [0.15, 0.2) is 126 Å². The maximum absolute atomic E-state index is 6.37. The first-order valence-corrected chi connectivity index (χ1v) is 13.3. The average Bonchev–Trinajstić information content (AvgIpc) is 3.54. The van der Waals surface area contributed by atoms with E-state index >= 15 is 0 Å². The summed E-state index contributed by atoms with van der Waals surface area (Å²) in [6, 6.07) is 39.7. The monoisotopic (exact) mass is 512 g/mol. The molecular weight excluding hydrogens is 492 g/mol. The fourth-order valence-electron chi connectivity index (χ4n) is 6.07. The molecule has 0 aliphatic heterocycles. The lowest BCUT2D eigenvalue weighted by Crippen LogP contribution is -2.03. The number of para-hydroxylation sites is 3. The maximum atomic E-state index is 6.37. The minimum absolute atomic E-state index is 0.556. The third-order valence-corrected chi connectivity index (χ3v) is 7.85. The van der Waals surface area contributed by atoms with Crippen molar-refractivity contribution < 1.29 is 4.42 Å². The van der Waals surface area contributed by atoms with E-state index in [0.717, 1.165) is 60.3 Å². The molecule has 40 heavy (non-hydrogen) atoms. The molecule has 9 aromatic rings. The third-order valence-electron chi connectivity index (χ3n) is 7.85. The lowest BCUT2D eigenvalue weighted by Gasteiger charge is -2.11. The minimum Gasteiger partial charge on any atom is -0.437 e. The Morgan fingerprint density at radius 3 is 2.25 bits per heavy atom. The second kappa shape index (κ2) is 7.98. The predicted molar refractivity (Wildman–Crippen MR) is 162 cm³/mol. The molecule has 0 saturated carbocycles. The van der Waals surface area contributed by atoms with Gasteiger partial charge in [-0.1, -0.05) is 84.9 Å². The topological polar surface area (TPSA) is 56.7 Å². The smallest absolute Gasteiger partial charge is 0.238 e. The minimum atomic E-state index is 0.556. The predicted octanol–water partition coefficient (Wildman–Crippen LogP) is 8.84. The molecule has 5 heteroatoms. The van der Waals surface area contributed by atoms with Crippen LogP contribution >= 0.6 is 0 Å². The number of benzene rings is 5. The fraction of sp³-hybridized carbons (Fsp3) is 0. The highest BCUT2D eigenvalue weighted by Crippen LogP contribution is 2.39. The lowest BCUT2D eigenvalue weighted by atomic mass is 10.0. The Morgan fingerprint density at radius 1 is 0.575 bits per heavy atom. The number of hydrogen-bond acceptors (Lipinski definition) is 4. The SMILES string of the molecule is c1ccc2cc3c(cc2c1)c1ccccc1n3-c1nc(-c2cccc3cccnc23)c2c(n1)oc1ccccc12. The molecule has 0 atom stereocenters. The molecule has 4 aromatic heterocycles. The first-order chi connectivity index (χ1) is 19.8. The Hall–Kier alpha value is -5.55. The van der Waals surface area contributed by atoms with Crippen molar-refractivity contribution in [3.8, 4) is 17.2 Å². The number of hydrogen-bond donors (Lipinski definition) is 0. The summed E-state index contributed by atoms with van der Waals surface area (Å²) in [7, 11) is 0. The van der Waals surface area contributed by atoms with Crippen molar-refractivity contribution in [1.82, 2.24) is 19.5 Å². The molecule has 0 fully saturated rings. The molecule has 0 aliphatic rings. The Bertz CT molecular complexity index is 2450. The van der Waals surface area contributed by atoms with Crippen molar-refractivity contribution in [2.24, 2.45) is 0 Å². The Morgan fingerprint density at radius 2 is 1.32 bits per heavy atom. The Balaban J connectivity index is 1.46. The van der Waals surface area contributed by atoms with Gasteiger partial charge in [0.1, 0.15) is 5.58 Å². The van der Waals surface area contributed by atoms with Crippen LogP contribution in [-0.2, 0) is 0 Å². The zero-order valence-corrected chi connectivity index (χ0v) is 21.2. The summed E-state index contributed by atoms with van der Waals surface area (Å²) < 4.78 is 8.53. The zero-order chi connectivity index (χ0) is 26.2. The standard InChI is InChI=1S/C35H20N4O/c1-2-10-23-20-29-27(19-22(23)9-1)24-13-3-5-16-28(24)39(29)35-37-33(26-15-7-11-21-12-8-18-36-32(21)26)31-25-14-4-6-17-30(25)40-34(31)38-35/h1-20H. The van der Waals surface area contributed by atoms with Crippen LogP contribution in [0.4, 0.5) is 0 Å². The largest absolute Gasteiger partial charge is 0.437 e. The Kier molecular flexibility index (Phi) is 4.27. The van der Waals surface area contributed by atoms with Crippen LogP contribution in [0.25, 0.3) is 82.8 Å². The van der Waals surface area contributed by atoms with Crippen molar-refractivity contribution in [2.45, 2.75) is 0 Å². The summed E-state index contributed by atoms with van der Waals surface area (Å²) in [6.07, 6.45) is 1.83. The van der Waals surface area contributed by atoms with Gasteiger partial charge in [-0.05, 0) is 41.1 Å². The molecule has 0 bridgehead atoms. The number of pyridine rings is 1. The number of furan rings is 1.